The number of hydrazine groups is 1. The molecule has 0 aliphatic carbocycles. The first kappa shape index (κ1) is 13.0. The lowest BCUT2D eigenvalue weighted by Gasteiger charge is -2.23. The Morgan fingerprint density at radius 2 is 1.75 bits per heavy atom. The quantitative estimate of drug-likeness (QED) is 0.621. The third kappa shape index (κ3) is 2.74. The summed E-state index contributed by atoms with van der Waals surface area (Å²) in [6.45, 7) is 3.63. The maximum absolute atomic E-state index is 12.7. The molecule has 0 aliphatic rings. The van der Waals surface area contributed by atoms with Crippen LogP contribution in [0.4, 0.5) is 13.2 Å². The fraction of sp³-hybridized carbons (Fsp3) is 0.455. The Morgan fingerprint density at radius 3 is 2.19 bits per heavy atom. The van der Waals surface area contributed by atoms with Gasteiger partial charge in [-0.1, -0.05) is 32.0 Å². The van der Waals surface area contributed by atoms with E-state index in [9.17, 15) is 13.2 Å². The lowest BCUT2D eigenvalue weighted by Crippen LogP contribution is -2.33. The molecule has 1 rings (SSSR count). The van der Waals surface area contributed by atoms with E-state index in [1.54, 1.807) is 6.07 Å². The summed E-state index contributed by atoms with van der Waals surface area (Å²) in [6, 6.07) is 4.98. The van der Waals surface area contributed by atoms with Crippen molar-refractivity contribution in [1.29, 1.82) is 0 Å². The van der Waals surface area contributed by atoms with E-state index in [1.807, 2.05) is 13.8 Å². The predicted octanol–water partition coefficient (Wildman–Crippen LogP) is 2.87. The smallest absolute Gasteiger partial charge is 0.271 e. The standard InChI is InChI=1S/C11H15F3N2/c1-7(2)10(16-15)8-5-3-4-6-9(8)11(12,13)14/h3-7,10,16H,15H2,1-2H3. The second-order valence-electron chi connectivity index (χ2n) is 3.97. The normalized spacial score (nSPS) is 14.2. The van der Waals surface area contributed by atoms with Gasteiger partial charge in [-0.25, -0.2) is 0 Å². The summed E-state index contributed by atoms with van der Waals surface area (Å²) in [6.07, 6.45) is -4.35. The monoisotopic (exact) mass is 232 g/mol. The molecular weight excluding hydrogens is 217 g/mol. The summed E-state index contributed by atoms with van der Waals surface area (Å²) in [7, 11) is 0. The van der Waals surface area contributed by atoms with Gasteiger partial charge in [-0.05, 0) is 17.5 Å². The Hall–Kier alpha value is -1.07. The third-order valence-corrected chi connectivity index (χ3v) is 2.45. The Kier molecular flexibility index (Phi) is 3.93. The fourth-order valence-corrected chi connectivity index (χ4v) is 1.67. The lowest BCUT2D eigenvalue weighted by atomic mass is 9.92. The van der Waals surface area contributed by atoms with Gasteiger partial charge in [-0.3, -0.25) is 11.3 Å². The van der Waals surface area contributed by atoms with Crippen molar-refractivity contribution in [2.75, 3.05) is 0 Å². The van der Waals surface area contributed by atoms with Crippen molar-refractivity contribution in [3.63, 3.8) is 0 Å². The van der Waals surface area contributed by atoms with E-state index in [-0.39, 0.29) is 11.5 Å². The van der Waals surface area contributed by atoms with Crippen LogP contribution >= 0.6 is 0 Å². The zero-order valence-electron chi connectivity index (χ0n) is 9.18. The molecule has 1 aromatic carbocycles. The van der Waals surface area contributed by atoms with Crippen molar-refractivity contribution < 1.29 is 13.2 Å². The van der Waals surface area contributed by atoms with Crippen LogP contribution in [-0.2, 0) is 6.18 Å². The topological polar surface area (TPSA) is 38.0 Å². The summed E-state index contributed by atoms with van der Waals surface area (Å²) >= 11 is 0. The van der Waals surface area contributed by atoms with E-state index in [1.165, 1.54) is 12.1 Å². The zero-order chi connectivity index (χ0) is 12.3. The highest BCUT2D eigenvalue weighted by Crippen LogP contribution is 2.36. The minimum absolute atomic E-state index is 0.0199. The highest BCUT2D eigenvalue weighted by Gasteiger charge is 2.35. The number of nitrogens with one attached hydrogen (secondary N) is 1. The van der Waals surface area contributed by atoms with Crippen molar-refractivity contribution in [2.24, 2.45) is 11.8 Å². The van der Waals surface area contributed by atoms with Crippen molar-refractivity contribution >= 4 is 0 Å². The molecule has 1 aromatic rings. The maximum atomic E-state index is 12.7. The van der Waals surface area contributed by atoms with E-state index < -0.39 is 17.8 Å². The molecule has 0 fully saturated rings. The van der Waals surface area contributed by atoms with Gasteiger partial charge in [0.15, 0.2) is 0 Å². The van der Waals surface area contributed by atoms with Gasteiger partial charge in [0.05, 0.1) is 5.56 Å². The molecule has 0 aromatic heterocycles. The molecule has 1 atom stereocenters. The van der Waals surface area contributed by atoms with Gasteiger partial charge >= 0.3 is 6.18 Å². The average Bonchev–Trinajstić information content (AvgIpc) is 2.17. The maximum Gasteiger partial charge on any atom is 0.416 e. The molecule has 2 nitrogen and oxygen atoms in total. The van der Waals surface area contributed by atoms with E-state index in [4.69, 9.17) is 5.84 Å². The second kappa shape index (κ2) is 4.84. The van der Waals surface area contributed by atoms with Gasteiger partial charge in [0.1, 0.15) is 0 Å². The molecular formula is C11H15F3N2. The van der Waals surface area contributed by atoms with Gasteiger partial charge in [-0.15, -0.1) is 0 Å². The molecule has 0 amide bonds. The summed E-state index contributed by atoms with van der Waals surface area (Å²) in [4.78, 5) is 0. The van der Waals surface area contributed by atoms with Crippen LogP contribution in [0.15, 0.2) is 24.3 Å². The lowest BCUT2D eigenvalue weighted by molar-refractivity contribution is -0.138. The van der Waals surface area contributed by atoms with Crippen LogP contribution in [0.25, 0.3) is 0 Å². The number of hydrogen-bond acceptors (Lipinski definition) is 2. The molecule has 5 heteroatoms. The first-order chi connectivity index (χ1) is 7.38. The van der Waals surface area contributed by atoms with Crippen LogP contribution in [0.5, 0.6) is 0 Å². The minimum Gasteiger partial charge on any atom is -0.271 e. The number of hydrogen-bond donors (Lipinski definition) is 2. The first-order valence-corrected chi connectivity index (χ1v) is 5.00. The molecule has 0 spiro atoms. The van der Waals surface area contributed by atoms with Gasteiger partial charge in [0.2, 0.25) is 0 Å². The van der Waals surface area contributed by atoms with Gasteiger partial charge < -0.3 is 0 Å². The molecule has 0 heterocycles. The van der Waals surface area contributed by atoms with Crippen LogP contribution in [-0.4, -0.2) is 0 Å². The van der Waals surface area contributed by atoms with Gasteiger partial charge in [-0.2, -0.15) is 13.2 Å². The summed E-state index contributed by atoms with van der Waals surface area (Å²) in [5.41, 5.74) is 1.99. The van der Waals surface area contributed by atoms with Crippen molar-refractivity contribution in [3.05, 3.63) is 35.4 Å². The number of nitrogens with two attached hydrogens (primary N) is 1. The third-order valence-electron chi connectivity index (χ3n) is 2.45. The van der Waals surface area contributed by atoms with Crippen molar-refractivity contribution in [1.82, 2.24) is 5.43 Å². The van der Waals surface area contributed by atoms with Crippen LogP contribution < -0.4 is 11.3 Å². The zero-order valence-corrected chi connectivity index (χ0v) is 9.18. The Morgan fingerprint density at radius 1 is 1.19 bits per heavy atom. The molecule has 3 N–H and O–H groups in total. The predicted molar refractivity (Wildman–Crippen MR) is 56.3 cm³/mol. The first-order valence-electron chi connectivity index (χ1n) is 5.00. The Bertz CT molecular complexity index is 347. The van der Waals surface area contributed by atoms with E-state index in [0.29, 0.717) is 0 Å². The van der Waals surface area contributed by atoms with E-state index in [2.05, 4.69) is 5.43 Å². The molecule has 0 bridgehead atoms. The van der Waals surface area contributed by atoms with Crippen LogP contribution in [0, 0.1) is 5.92 Å². The largest absolute Gasteiger partial charge is 0.416 e. The Balaban J connectivity index is 3.22. The number of halogens is 3. The van der Waals surface area contributed by atoms with Crippen LogP contribution in [0.2, 0.25) is 0 Å². The molecule has 0 saturated heterocycles. The number of rotatable bonds is 3. The minimum atomic E-state index is -4.35. The molecule has 1 unspecified atom stereocenters. The van der Waals surface area contributed by atoms with Gasteiger partial charge in [0.25, 0.3) is 0 Å². The fourth-order valence-electron chi connectivity index (χ4n) is 1.67. The SMILES string of the molecule is CC(C)C(NN)c1ccccc1C(F)(F)F. The molecule has 0 saturated carbocycles. The molecule has 16 heavy (non-hydrogen) atoms. The number of alkyl halides is 3. The average molecular weight is 232 g/mol. The molecule has 0 radical (unpaired) electrons. The number of benzene rings is 1. The highest BCUT2D eigenvalue weighted by molar-refractivity contribution is 5.32. The van der Waals surface area contributed by atoms with Gasteiger partial charge in [0, 0.05) is 6.04 Å². The summed E-state index contributed by atoms with van der Waals surface area (Å²) in [5, 5.41) is 0. The van der Waals surface area contributed by atoms with E-state index >= 15 is 0 Å². The second-order valence-corrected chi connectivity index (χ2v) is 3.97. The Labute approximate surface area is 92.6 Å². The molecule has 0 aliphatic heterocycles. The highest BCUT2D eigenvalue weighted by atomic mass is 19.4. The summed E-state index contributed by atoms with van der Waals surface area (Å²) in [5.74, 6) is 5.28. The van der Waals surface area contributed by atoms with E-state index in [0.717, 1.165) is 6.07 Å². The molecule has 90 valence electrons. The van der Waals surface area contributed by atoms with Crippen molar-refractivity contribution in [2.45, 2.75) is 26.1 Å². The van der Waals surface area contributed by atoms with Crippen molar-refractivity contribution in [3.8, 4) is 0 Å². The van der Waals surface area contributed by atoms with Crippen LogP contribution in [0.3, 0.4) is 0 Å². The summed E-state index contributed by atoms with van der Waals surface area (Å²) < 4.78 is 38.2. The van der Waals surface area contributed by atoms with Crippen LogP contribution in [0.1, 0.15) is 31.0 Å².